The Morgan fingerprint density at radius 2 is 2.04 bits per heavy atom. The highest BCUT2D eigenvalue weighted by Gasteiger charge is 2.33. The predicted molar refractivity (Wildman–Crippen MR) is 103 cm³/mol. The second-order valence-electron chi connectivity index (χ2n) is 6.72. The smallest absolute Gasteiger partial charge is 0.410 e. The molecule has 0 fully saturated rings. The summed E-state index contributed by atoms with van der Waals surface area (Å²) in [5.41, 5.74) is 1.69. The molecule has 0 unspecified atom stereocenters. The van der Waals surface area contributed by atoms with Gasteiger partial charge >= 0.3 is 12.1 Å². The van der Waals surface area contributed by atoms with E-state index in [0.717, 1.165) is 0 Å². The number of nitrogens with zero attached hydrogens (tertiary/aromatic N) is 2. The molecule has 1 aliphatic rings. The molecule has 8 heteroatoms. The Morgan fingerprint density at radius 1 is 1.29 bits per heavy atom. The number of benzene rings is 1. The number of ether oxygens (including phenoxy) is 2. The Balaban J connectivity index is 2.10. The van der Waals surface area contributed by atoms with Crippen molar-refractivity contribution in [2.75, 3.05) is 13.2 Å². The first-order valence-electron chi connectivity index (χ1n) is 9.13. The molecule has 1 amide bonds. The van der Waals surface area contributed by atoms with Crippen LogP contribution in [0, 0.1) is 5.82 Å². The van der Waals surface area contributed by atoms with Gasteiger partial charge in [0, 0.05) is 18.7 Å². The first kappa shape index (κ1) is 20.2. The molecular formula is C20H22ClFN2O4. The van der Waals surface area contributed by atoms with Gasteiger partial charge in [-0.1, -0.05) is 23.7 Å². The van der Waals surface area contributed by atoms with Crippen molar-refractivity contribution >= 4 is 23.7 Å². The van der Waals surface area contributed by atoms with Crippen molar-refractivity contribution in [3.8, 4) is 11.1 Å². The molecule has 28 heavy (non-hydrogen) atoms. The molecule has 0 N–H and O–H groups in total. The van der Waals surface area contributed by atoms with Gasteiger partial charge in [0.2, 0.25) is 0 Å². The van der Waals surface area contributed by atoms with Crippen LogP contribution in [0.4, 0.5) is 9.18 Å². The van der Waals surface area contributed by atoms with Crippen LogP contribution in [0.15, 0.2) is 24.3 Å². The maximum absolute atomic E-state index is 13.8. The zero-order valence-corrected chi connectivity index (χ0v) is 16.8. The van der Waals surface area contributed by atoms with Gasteiger partial charge in [-0.3, -0.25) is 0 Å². The molecule has 6 nitrogen and oxygen atoms in total. The van der Waals surface area contributed by atoms with Crippen LogP contribution in [0.2, 0.25) is 5.15 Å². The maximum atomic E-state index is 13.8. The number of fused-ring (bicyclic) bond motifs is 1. The van der Waals surface area contributed by atoms with Crippen LogP contribution in [0.5, 0.6) is 0 Å². The van der Waals surface area contributed by atoms with Gasteiger partial charge in [-0.15, -0.1) is 0 Å². The fourth-order valence-electron chi connectivity index (χ4n) is 3.28. The van der Waals surface area contributed by atoms with Gasteiger partial charge < -0.3 is 18.9 Å². The molecule has 1 aromatic carbocycles. The van der Waals surface area contributed by atoms with Crippen LogP contribution < -0.4 is 0 Å². The fraction of sp³-hybridized carbons (Fsp3) is 0.400. The number of esters is 1. The molecular weight excluding hydrogens is 387 g/mol. The molecule has 3 rings (SSSR count). The lowest BCUT2D eigenvalue weighted by Gasteiger charge is -2.29. The van der Waals surface area contributed by atoms with Crippen LogP contribution in [-0.2, 0) is 22.6 Å². The first-order chi connectivity index (χ1) is 13.3. The van der Waals surface area contributed by atoms with Gasteiger partial charge in [-0.05, 0) is 38.5 Å². The summed E-state index contributed by atoms with van der Waals surface area (Å²) in [7, 11) is 0. The Hall–Kier alpha value is -2.54. The quantitative estimate of drug-likeness (QED) is 0.699. The van der Waals surface area contributed by atoms with Crippen molar-refractivity contribution in [1.29, 1.82) is 0 Å². The molecule has 0 saturated carbocycles. The number of hydrogen-bond donors (Lipinski definition) is 0. The summed E-state index contributed by atoms with van der Waals surface area (Å²) in [6, 6.07) is 5.88. The molecule has 0 radical (unpaired) electrons. The minimum absolute atomic E-state index is 0.148. The lowest BCUT2D eigenvalue weighted by atomic mass is 10.0. The summed E-state index contributed by atoms with van der Waals surface area (Å²) in [5, 5.41) is 0.320. The molecule has 2 heterocycles. The van der Waals surface area contributed by atoms with Crippen LogP contribution in [0.25, 0.3) is 11.1 Å². The highest BCUT2D eigenvalue weighted by Crippen LogP contribution is 2.39. The van der Waals surface area contributed by atoms with Gasteiger partial charge in [-0.2, -0.15) is 0 Å². The van der Waals surface area contributed by atoms with Gasteiger partial charge in [0.25, 0.3) is 0 Å². The molecule has 0 spiro atoms. The van der Waals surface area contributed by atoms with Crippen LogP contribution in [0.1, 0.15) is 36.8 Å². The van der Waals surface area contributed by atoms with Gasteiger partial charge in [0.1, 0.15) is 11.0 Å². The fourth-order valence-corrected chi connectivity index (χ4v) is 3.67. The first-order valence-corrected chi connectivity index (χ1v) is 9.50. The summed E-state index contributed by atoms with van der Waals surface area (Å²) in [5.74, 6) is -0.994. The molecule has 0 bridgehead atoms. The summed E-state index contributed by atoms with van der Waals surface area (Å²) >= 11 is 6.59. The van der Waals surface area contributed by atoms with E-state index in [1.807, 2.05) is 0 Å². The number of halogens is 2. The predicted octanol–water partition coefficient (Wildman–Crippen LogP) is 4.48. The van der Waals surface area contributed by atoms with E-state index >= 15 is 0 Å². The highest BCUT2D eigenvalue weighted by molar-refractivity contribution is 6.33. The topological polar surface area (TPSA) is 60.8 Å². The molecule has 0 atom stereocenters. The summed E-state index contributed by atoms with van der Waals surface area (Å²) in [6.07, 6.45) is -0.710. The molecule has 1 aromatic heterocycles. The van der Waals surface area contributed by atoms with Gasteiger partial charge in [-0.25, -0.2) is 14.0 Å². The molecule has 0 aliphatic carbocycles. The second-order valence-corrected chi connectivity index (χ2v) is 7.08. The van der Waals surface area contributed by atoms with Crippen molar-refractivity contribution in [1.82, 2.24) is 9.47 Å². The van der Waals surface area contributed by atoms with E-state index in [0.29, 0.717) is 35.1 Å². The molecule has 2 aromatic rings. The minimum atomic E-state index is -0.559. The van der Waals surface area contributed by atoms with Crippen molar-refractivity contribution in [3.63, 3.8) is 0 Å². The Morgan fingerprint density at radius 3 is 2.68 bits per heavy atom. The largest absolute Gasteiger partial charge is 0.462 e. The minimum Gasteiger partial charge on any atom is -0.462 e. The number of hydrogen-bond acceptors (Lipinski definition) is 4. The third-order valence-electron chi connectivity index (χ3n) is 4.43. The van der Waals surface area contributed by atoms with E-state index in [1.54, 1.807) is 37.5 Å². The number of carbonyl (C=O) groups excluding carboxylic acids is 2. The monoisotopic (exact) mass is 408 g/mol. The molecule has 1 aliphatic heterocycles. The van der Waals surface area contributed by atoms with Crippen molar-refractivity contribution in [3.05, 3.63) is 46.5 Å². The summed E-state index contributed by atoms with van der Waals surface area (Å²) in [4.78, 5) is 26.6. The number of aromatic nitrogens is 1. The van der Waals surface area contributed by atoms with Crippen molar-refractivity contribution in [2.45, 2.75) is 40.0 Å². The van der Waals surface area contributed by atoms with Crippen LogP contribution >= 0.6 is 11.6 Å². The second kappa shape index (κ2) is 8.22. The molecule has 0 saturated heterocycles. The Bertz CT molecular complexity index is 910. The normalized spacial score (nSPS) is 13.4. The number of rotatable bonds is 4. The van der Waals surface area contributed by atoms with E-state index in [9.17, 15) is 14.0 Å². The van der Waals surface area contributed by atoms with E-state index in [4.69, 9.17) is 21.1 Å². The SMILES string of the molecule is CCOC(=O)c1c(-c2cccc(F)c2)c(Cl)n2c1CN(C(=O)OC(C)C)CC2. The van der Waals surface area contributed by atoms with Crippen molar-refractivity contribution < 1.29 is 23.5 Å². The maximum Gasteiger partial charge on any atom is 0.410 e. The lowest BCUT2D eigenvalue weighted by molar-refractivity contribution is 0.0514. The van der Waals surface area contributed by atoms with E-state index in [2.05, 4.69) is 0 Å². The third kappa shape index (κ3) is 3.85. The van der Waals surface area contributed by atoms with Crippen LogP contribution in [-0.4, -0.2) is 40.8 Å². The van der Waals surface area contributed by atoms with E-state index < -0.39 is 17.9 Å². The Labute approximate surface area is 167 Å². The van der Waals surface area contributed by atoms with Crippen molar-refractivity contribution in [2.24, 2.45) is 0 Å². The lowest BCUT2D eigenvalue weighted by Crippen LogP contribution is -2.39. The average Bonchev–Trinajstić information content (AvgIpc) is 2.93. The standard InChI is InChI=1S/C20H22ClFN2O4/c1-4-27-19(25)17-15-11-23(20(26)28-12(2)3)8-9-24(15)18(21)16(17)13-6-5-7-14(22)10-13/h5-7,10,12H,4,8-9,11H2,1-3H3. The number of amides is 1. The zero-order valence-electron chi connectivity index (χ0n) is 16.0. The van der Waals surface area contributed by atoms with Crippen LogP contribution in [0.3, 0.4) is 0 Å². The average molecular weight is 409 g/mol. The van der Waals surface area contributed by atoms with Gasteiger partial charge in [0.05, 0.1) is 30.5 Å². The molecule has 150 valence electrons. The summed E-state index contributed by atoms with van der Waals surface area (Å²) in [6.45, 7) is 6.36. The third-order valence-corrected chi connectivity index (χ3v) is 4.82. The Kier molecular flexibility index (Phi) is 5.93. The van der Waals surface area contributed by atoms with Gasteiger partial charge in [0.15, 0.2) is 0 Å². The summed E-state index contributed by atoms with van der Waals surface area (Å²) < 4.78 is 26.1. The zero-order chi connectivity index (χ0) is 20.4. The van der Waals surface area contributed by atoms with E-state index in [-0.39, 0.29) is 24.8 Å². The highest BCUT2D eigenvalue weighted by atomic mass is 35.5. The van der Waals surface area contributed by atoms with E-state index in [1.165, 1.54) is 17.0 Å². The number of carbonyl (C=O) groups is 2.